The first kappa shape index (κ1) is 12.8. The lowest BCUT2D eigenvalue weighted by Crippen LogP contribution is -2.43. The van der Waals surface area contributed by atoms with E-state index in [1.54, 1.807) is 17.1 Å². The third kappa shape index (κ3) is 2.85. The van der Waals surface area contributed by atoms with Crippen molar-refractivity contribution in [2.75, 3.05) is 11.9 Å². The van der Waals surface area contributed by atoms with Crippen LogP contribution >= 0.6 is 0 Å². The number of carbonyl (C=O) groups excluding carboxylic acids is 1. The Morgan fingerprint density at radius 2 is 2.35 bits per heavy atom. The van der Waals surface area contributed by atoms with Gasteiger partial charge in [-0.1, -0.05) is 6.42 Å². The molecule has 20 heavy (non-hydrogen) atoms. The summed E-state index contributed by atoms with van der Waals surface area (Å²) in [6, 6.07) is 5.42. The van der Waals surface area contributed by atoms with Gasteiger partial charge in [-0.05, 0) is 37.6 Å². The molecule has 0 radical (unpaired) electrons. The smallest absolute Gasteiger partial charge is 0.241 e. The first-order valence-electron chi connectivity index (χ1n) is 6.83. The minimum Gasteiger partial charge on any atom is -0.323 e. The minimum atomic E-state index is -0.0884. The second-order valence-electron chi connectivity index (χ2n) is 4.85. The van der Waals surface area contributed by atoms with Gasteiger partial charge in [0, 0.05) is 12.4 Å². The van der Waals surface area contributed by atoms with Crippen molar-refractivity contribution < 1.29 is 4.79 Å². The molecule has 3 rings (SSSR count). The molecule has 6 nitrogen and oxygen atoms in total. The Labute approximate surface area is 117 Å². The average molecular weight is 271 g/mol. The second kappa shape index (κ2) is 5.83. The summed E-state index contributed by atoms with van der Waals surface area (Å²) < 4.78 is 1.67. The number of pyridine rings is 1. The number of hydrogen-bond donors (Lipinski definition) is 2. The van der Waals surface area contributed by atoms with E-state index in [0.29, 0.717) is 5.69 Å². The van der Waals surface area contributed by atoms with Gasteiger partial charge in [-0.2, -0.15) is 5.10 Å². The first-order chi connectivity index (χ1) is 9.83. The summed E-state index contributed by atoms with van der Waals surface area (Å²) in [6.45, 7) is 0.911. The molecular weight excluding hydrogens is 254 g/mol. The Bertz CT molecular complexity index is 558. The first-order valence-corrected chi connectivity index (χ1v) is 6.83. The molecule has 0 bridgehead atoms. The van der Waals surface area contributed by atoms with Crippen molar-refractivity contribution >= 4 is 11.6 Å². The number of aromatic nitrogens is 3. The number of hydrogen-bond acceptors (Lipinski definition) is 4. The average Bonchev–Trinajstić information content (AvgIpc) is 3.03. The summed E-state index contributed by atoms with van der Waals surface area (Å²) >= 11 is 0. The summed E-state index contributed by atoms with van der Waals surface area (Å²) in [7, 11) is 0. The van der Waals surface area contributed by atoms with E-state index in [1.807, 2.05) is 24.4 Å². The van der Waals surface area contributed by atoms with E-state index >= 15 is 0 Å². The van der Waals surface area contributed by atoms with Crippen LogP contribution in [0.25, 0.3) is 5.82 Å². The molecule has 2 aromatic rings. The zero-order valence-electron chi connectivity index (χ0n) is 11.1. The summed E-state index contributed by atoms with van der Waals surface area (Å²) in [5.41, 5.74) is 0.707. The molecule has 6 heteroatoms. The molecule has 1 atom stereocenters. The molecule has 1 fully saturated rings. The molecular formula is C14H17N5O. The van der Waals surface area contributed by atoms with Crippen LogP contribution in [0.3, 0.4) is 0 Å². The molecule has 0 spiro atoms. The molecule has 1 saturated heterocycles. The number of anilines is 1. The molecule has 3 heterocycles. The Hall–Kier alpha value is -2.21. The lowest BCUT2D eigenvalue weighted by molar-refractivity contribution is -0.118. The highest BCUT2D eigenvalue weighted by Crippen LogP contribution is 2.12. The quantitative estimate of drug-likeness (QED) is 0.884. The lowest BCUT2D eigenvalue weighted by atomic mass is 10.0. The number of nitrogens with zero attached hydrogens (tertiary/aromatic N) is 3. The molecule has 0 aromatic carbocycles. The van der Waals surface area contributed by atoms with Gasteiger partial charge in [0.05, 0.1) is 17.9 Å². The maximum Gasteiger partial charge on any atom is 0.241 e. The molecule has 1 unspecified atom stereocenters. The zero-order chi connectivity index (χ0) is 13.8. The van der Waals surface area contributed by atoms with Crippen molar-refractivity contribution in [3.05, 3.63) is 36.8 Å². The molecule has 0 aliphatic carbocycles. The van der Waals surface area contributed by atoms with Crippen LogP contribution in [0.2, 0.25) is 0 Å². The van der Waals surface area contributed by atoms with Crippen molar-refractivity contribution in [1.29, 1.82) is 0 Å². The number of rotatable bonds is 3. The molecule has 104 valence electrons. The minimum absolute atomic E-state index is 0.0124. The SMILES string of the molecule is O=C(Nc1ccc(-n2cccn2)nc1)C1CCCCN1. The van der Waals surface area contributed by atoms with E-state index in [4.69, 9.17) is 0 Å². The van der Waals surface area contributed by atoms with Gasteiger partial charge in [0.1, 0.15) is 0 Å². The summed E-state index contributed by atoms with van der Waals surface area (Å²) in [5.74, 6) is 0.738. The predicted molar refractivity (Wildman–Crippen MR) is 75.6 cm³/mol. The lowest BCUT2D eigenvalue weighted by Gasteiger charge is -2.22. The van der Waals surface area contributed by atoms with Crippen LogP contribution in [-0.2, 0) is 4.79 Å². The Morgan fingerprint density at radius 1 is 1.40 bits per heavy atom. The summed E-state index contributed by atoms with van der Waals surface area (Å²) in [4.78, 5) is 16.3. The molecule has 1 aliphatic rings. The monoisotopic (exact) mass is 271 g/mol. The van der Waals surface area contributed by atoms with Gasteiger partial charge in [-0.15, -0.1) is 0 Å². The summed E-state index contributed by atoms with van der Waals surface area (Å²) in [5, 5.41) is 10.2. The highest BCUT2D eigenvalue weighted by Gasteiger charge is 2.20. The Balaban J connectivity index is 1.64. The third-order valence-corrected chi connectivity index (χ3v) is 3.38. The van der Waals surface area contributed by atoms with E-state index in [2.05, 4.69) is 20.7 Å². The Kier molecular flexibility index (Phi) is 3.73. The third-order valence-electron chi connectivity index (χ3n) is 3.38. The Morgan fingerprint density at radius 3 is 3.00 bits per heavy atom. The number of carbonyl (C=O) groups is 1. The van der Waals surface area contributed by atoms with Gasteiger partial charge >= 0.3 is 0 Å². The topological polar surface area (TPSA) is 71.8 Å². The van der Waals surface area contributed by atoms with E-state index in [9.17, 15) is 4.79 Å². The fourth-order valence-electron chi connectivity index (χ4n) is 2.30. The molecule has 2 N–H and O–H groups in total. The number of nitrogens with one attached hydrogen (secondary N) is 2. The van der Waals surface area contributed by atoms with Crippen molar-refractivity contribution in [2.45, 2.75) is 25.3 Å². The van der Waals surface area contributed by atoms with E-state index in [0.717, 1.165) is 31.6 Å². The molecule has 2 aromatic heterocycles. The van der Waals surface area contributed by atoms with Crippen molar-refractivity contribution in [3.8, 4) is 5.82 Å². The van der Waals surface area contributed by atoms with Gasteiger partial charge in [0.2, 0.25) is 5.91 Å². The highest BCUT2D eigenvalue weighted by molar-refractivity contribution is 5.94. The normalized spacial score (nSPS) is 18.7. The highest BCUT2D eigenvalue weighted by atomic mass is 16.2. The molecule has 1 aliphatic heterocycles. The largest absolute Gasteiger partial charge is 0.323 e. The van der Waals surface area contributed by atoms with Crippen LogP contribution in [-0.4, -0.2) is 33.3 Å². The van der Waals surface area contributed by atoms with E-state index in [-0.39, 0.29) is 11.9 Å². The fourth-order valence-corrected chi connectivity index (χ4v) is 2.30. The van der Waals surface area contributed by atoms with Gasteiger partial charge in [0.25, 0.3) is 0 Å². The molecule has 1 amide bonds. The maximum absolute atomic E-state index is 12.1. The van der Waals surface area contributed by atoms with Crippen molar-refractivity contribution in [2.24, 2.45) is 0 Å². The second-order valence-corrected chi connectivity index (χ2v) is 4.85. The number of amides is 1. The molecule has 0 saturated carbocycles. The maximum atomic E-state index is 12.1. The van der Waals surface area contributed by atoms with Crippen LogP contribution < -0.4 is 10.6 Å². The van der Waals surface area contributed by atoms with E-state index in [1.165, 1.54) is 0 Å². The van der Waals surface area contributed by atoms with Gasteiger partial charge in [-0.25, -0.2) is 9.67 Å². The van der Waals surface area contributed by atoms with Crippen molar-refractivity contribution in [1.82, 2.24) is 20.1 Å². The standard InChI is InChI=1S/C14H17N5O/c20-14(12-4-1-2-7-15-12)18-11-5-6-13(16-10-11)19-9-3-8-17-19/h3,5-6,8-10,12,15H,1-2,4,7H2,(H,18,20). The predicted octanol–water partition coefficient (Wildman–Crippen LogP) is 1.35. The zero-order valence-corrected chi connectivity index (χ0v) is 11.1. The van der Waals surface area contributed by atoms with E-state index < -0.39 is 0 Å². The van der Waals surface area contributed by atoms with Crippen LogP contribution in [0.15, 0.2) is 36.8 Å². The van der Waals surface area contributed by atoms with Gasteiger partial charge in [0.15, 0.2) is 5.82 Å². The van der Waals surface area contributed by atoms with Crippen molar-refractivity contribution in [3.63, 3.8) is 0 Å². The van der Waals surface area contributed by atoms with Gasteiger partial charge in [-0.3, -0.25) is 4.79 Å². The van der Waals surface area contributed by atoms with Crippen LogP contribution in [0, 0.1) is 0 Å². The van der Waals surface area contributed by atoms with Crippen LogP contribution in [0.5, 0.6) is 0 Å². The van der Waals surface area contributed by atoms with Gasteiger partial charge < -0.3 is 10.6 Å². The van der Waals surface area contributed by atoms with Crippen LogP contribution in [0.4, 0.5) is 5.69 Å². The summed E-state index contributed by atoms with van der Waals surface area (Å²) in [6.07, 6.45) is 8.31. The number of piperidine rings is 1. The fraction of sp³-hybridized carbons (Fsp3) is 0.357. The van der Waals surface area contributed by atoms with Crippen LogP contribution in [0.1, 0.15) is 19.3 Å².